The first-order valence-electron chi connectivity index (χ1n) is 9.12. The second-order valence-electron chi connectivity index (χ2n) is 6.97. The first-order valence-corrected chi connectivity index (χ1v) is 9.12. The van der Waals surface area contributed by atoms with Crippen LogP contribution in [-0.2, 0) is 13.1 Å². The molecule has 2 aliphatic rings. The summed E-state index contributed by atoms with van der Waals surface area (Å²) < 4.78 is 4.53. The van der Waals surface area contributed by atoms with Crippen molar-refractivity contribution in [3.8, 4) is 11.5 Å². The van der Waals surface area contributed by atoms with Gasteiger partial charge in [-0.3, -0.25) is 0 Å². The zero-order chi connectivity index (χ0) is 15.6. The molecule has 0 spiro atoms. The molecule has 0 N–H and O–H groups in total. The maximum Gasteiger partial charge on any atom is 0.158 e. The number of imidazole rings is 2. The van der Waals surface area contributed by atoms with E-state index >= 15 is 0 Å². The number of aromatic nitrogens is 4. The summed E-state index contributed by atoms with van der Waals surface area (Å²) in [6, 6.07) is 0.781. The Kier molecular flexibility index (Phi) is 4.21. The summed E-state index contributed by atoms with van der Waals surface area (Å²) >= 11 is 0. The summed E-state index contributed by atoms with van der Waals surface area (Å²) in [5, 5.41) is 0. The Morgan fingerprint density at radius 1 is 1.13 bits per heavy atom. The molecule has 0 amide bonds. The number of fused-ring (bicyclic) bond motifs is 1. The summed E-state index contributed by atoms with van der Waals surface area (Å²) in [6.07, 6.45) is 14.8. The van der Waals surface area contributed by atoms with Crippen molar-refractivity contribution < 1.29 is 0 Å². The van der Waals surface area contributed by atoms with Crippen LogP contribution in [0.3, 0.4) is 0 Å². The smallest absolute Gasteiger partial charge is 0.158 e. The van der Waals surface area contributed by atoms with Crippen LogP contribution in [0.5, 0.6) is 0 Å². The zero-order valence-corrected chi connectivity index (χ0v) is 14.1. The van der Waals surface area contributed by atoms with Crippen LogP contribution in [0.2, 0.25) is 0 Å². The molecular weight excluding hydrogens is 286 g/mol. The molecule has 0 saturated carbocycles. The lowest BCUT2D eigenvalue weighted by Gasteiger charge is -2.44. The van der Waals surface area contributed by atoms with Crippen LogP contribution in [-0.4, -0.2) is 43.1 Å². The minimum absolute atomic E-state index is 0.759. The second kappa shape index (κ2) is 6.48. The zero-order valence-electron chi connectivity index (χ0n) is 14.1. The normalized spacial score (nSPS) is 25.4. The number of hydrogen-bond donors (Lipinski definition) is 0. The Labute approximate surface area is 138 Å². The second-order valence-corrected chi connectivity index (χ2v) is 6.97. The summed E-state index contributed by atoms with van der Waals surface area (Å²) in [6.45, 7) is 6.79. The Hall–Kier alpha value is -1.62. The van der Waals surface area contributed by atoms with E-state index in [-0.39, 0.29) is 0 Å². The van der Waals surface area contributed by atoms with Crippen LogP contribution in [0.1, 0.15) is 39.0 Å². The highest BCUT2D eigenvalue weighted by molar-refractivity contribution is 5.49. The molecule has 4 rings (SSSR count). The summed E-state index contributed by atoms with van der Waals surface area (Å²) in [5.74, 6) is 1.83. The van der Waals surface area contributed by atoms with Crippen molar-refractivity contribution in [2.45, 2.75) is 58.2 Å². The molecule has 2 atom stereocenters. The van der Waals surface area contributed by atoms with E-state index in [4.69, 9.17) is 0 Å². The molecule has 124 valence electrons. The quantitative estimate of drug-likeness (QED) is 0.871. The van der Waals surface area contributed by atoms with Gasteiger partial charge in [-0.05, 0) is 51.6 Å². The largest absolute Gasteiger partial charge is 0.329 e. The van der Waals surface area contributed by atoms with Crippen molar-refractivity contribution in [3.05, 3.63) is 24.9 Å². The third-order valence-corrected chi connectivity index (χ3v) is 5.66. The third-order valence-electron chi connectivity index (χ3n) is 5.66. The molecule has 2 aliphatic heterocycles. The van der Waals surface area contributed by atoms with Crippen LogP contribution < -0.4 is 0 Å². The van der Waals surface area contributed by atoms with Crippen LogP contribution >= 0.6 is 0 Å². The minimum Gasteiger partial charge on any atom is -0.329 e. The maximum atomic E-state index is 4.63. The molecule has 23 heavy (non-hydrogen) atoms. The molecule has 2 fully saturated rings. The molecule has 0 radical (unpaired) electrons. The molecular formula is C18H27N5. The highest BCUT2D eigenvalue weighted by Gasteiger charge is 2.33. The van der Waals surface area contributed by atoms with Gasteiger partial charge in [0, 0.05) is 31.5 Å². The number of hydrogen-bond acceptors (Lipinski definition) is 3. The highest BCUT2D eigenvalue weighted by atomic mass is 15.2. The van der Waals surface area contributed by atoms with Crippen molar-refractivity contribution in [2.24, 2.45) is 5.92 Å². The number of rotatable bonds is 4. The Bertz CT molecular complexity index is 641. The van der Waals surface area contributed by atoms with Gasteiger partial charge in [-0.25, -0.2) is 9.97 Å². The molecule has 0 bridgehead atoms. The van der Waals surface area contributed by atoms with Crippen LogP contribution in [0, 0.1) is 5.92 Å². The van der Waals surface area contributed by atoms with Crippen molar-refractivity contribution >= 4 is 0 Å². The predicted molar refractivity (Wildman–Crippen MR) is 91.1 cm³/mol. The molecule has 2 aromatic heterocycles. The van der Waals surface area contributed by atoms with Crippen molar-refractivity contribution in [1.29, 1.82) is 0 Å². The van der Waals surface area contributed by atoms with E-state index in [0.717, 1.165) is 36.6 Å². The summed E-state index contributed by atoms with van der Waals surface area (Å²) in [5.41, 5.74) is 1.13. The SMILES string of the molecule is CCn1cncc1-c1nccn1C[C@@H]1CCCN2CCCC[C@H]12. The highest BCUT2D eigenvalue weighted by Crippen LogP contribution is 2.32. The number of piperidine rings is 2. The van der Waals surface area contributed by atoms with Crippen molar-refractivity contribution in [2.75, 3.05) is 13.1 Å². The topological polar surface area (TPSA) is 38.9 Å². The molecule has 4 heterocycles. The van der Waals surface area contributed by atoms with Gasteiger partial charge in [0.1, 0.15) is 5.69 Å². The van der Waals surface area contributed by atoms with Crippen LogP contribution in [0.25, 0.3) is 11.5 Å². The molecule has 2 aromatic rings. The first kappa shape index (κ1) is 14.9. The Balaban J connectivity index is 1.56. The maximum absolute atomic E-state index is 4.63. The fourth-order valence-corrected chi connectivity index (χ4v) is 4.49. The molecule has 0 aliphatic carbocycles. The summed E-state index contributed by atoms with van der Waals surface area (Å²) in [4.78, 5) is 11.7. The fourth-order valence-electron chi connectivity index (χ4n) is 4.49. The number of aryl methyl sites for hydroxylation is 1. The van der Waals surface area contributed by atoms with Gasteiger partial charge >= 0.3 is 0 Å². The van der Waals surface area contributed by atoms with E-state index in [1.807, 2.05) is 18.7 Å². The van der Waals surface area contributed by atoms with Crippen LogP contribution in [0.15, 0.2) is 24.9 Å². The lowest BCUT2D eigenvalue weighted by Crippen LogP contribution is -2.49. The lowest BCUT2D eigenvalue weighted by molar-refractivity contribution is 0.0521. The monoisotopic (exact) mass is 313 g/mol. The third kappa shape index (κ3) is 2.82. The van der Waals surface area contributed by atoms with E-state index in [9.17, 15) is 0 Å². The van der Waals surface area contributed by atoms with Gasteiger partial charge in [0.25, 0.3) is 0 Å². The Morgan fingerprint density at radius 2 is 2.04 bits per heavy atom. The van der Waals surface area contributed by atoms with Gasteiger partial charge < -0.3 is 14.0 Å². The number of nitrogens with zero attached hydrogens (tertiary/aromatic N) is 5. The molecule has 5 heteroatoms. The van der Waals surface area contributed by atoms with Gasteiger partial charge in [0.05, 0.1) is 12.5 Å². The van der Waals surface area contributed by atoms with Crippen molar-refractivity contribution in [1.82, 2.24) is 24.0 Å². The predicted octanol–water partition coefficient (Wildman–Crippen LogP) is 3.03. The van der Waals surface area contributed by atoms with E-state index in [2.05, 4.69) is 37.1 Å². The Morgan fingerprint density at radius 3 is 2.96 bits per heavy atom. The lowest BCUT2D eigenvalue weighted by atomic mass is 9.83. The van der Waals surface area contributed by atoms with Gasteiger partial charge in [-0.2, -0.15) is 0 Å². The van der Waals surface area contributed by atoms with E-state index in [0.29, 0.717) is 0 Å². The molecule has 5 nitrogen and oxygen atoms in total. The minimum atomic E-state index is 0.759. The standard InChI is InChI=1S/C18H27N5/c1-2-21-14-19-12-17(21)18-20-8-11-23(18)13-15-6-5-10-22-9-4-3-7-16(15)22/h8,11-12,14-16H,2-7,9-10,13H2,1H3/t15-,16+/m0/s1. The van der Waals surface area contributed by atoms with Gasteiger partial charge in [-0.15, -0.1) is 0 Å². The fraction of sp³-hybridized carbons (Fsp3) is 0.667. The molecule has 0 unspecified atom stereocenters. The van der Waals surface area contributed by atoms with E-state index in [1.165, 1.54) is 45.2 Å². The van der Waals surface area contributed by atoms with E-state index in [1.54, 1.807) is 0 Å². The van der Waals surface area contributed by atoms with Crippen molar-refractivity contribution in [3.63, 3.8) is 0 Å². The van der Waals surface area contributed by atoms with Gasteiger partial charge in [0.15, 0.2) is 5.82 Å². The molecule has 0 aromatic carbocycles. The molecule has 2 saturated heterocycles. The average molecular weight is 313 g/mol. The van der Waals surface area contributed by atoms with Gasteiger partial charge in [0.2, 0.25) is 0 Å². The first-order chi connectivity index (χ1) is 11.4. The van der Waals surface area contributed by atoms with E-state index < -0.39 is 0 Å². The average Bonchev–Trinajstić information content (AvgIpc) is 3.23. The van der Waals surface area contributed by atoms with Crippen LogP contribution in [0.4, 0.5) is 0 Å². The van der Waals surface area contributed by atoms with Gasteiger partial charge in [-0.1, -0.05) is 6.42 Å². The summed E-state index contributed by atoms with van der Waals surface area (Å²) in [7, 11) is 0.